The van der Waals surface area contributed by atoms with Gasteiger partial charge >= 0.3 is 0 Å². The van der Waals surface area contributed by atoms with Crippen molar-refractivity contribution < 1.29 is 27.4 Å². The third-order valence-corrected chi connectivity index (χ3v) is 0. The second-order valence-corrected chi connectivity index (χ2v) is 0.238. The Labute approximate surface area is 64.7 Å². The Bertz CT molecular complexity index is 33.8. The molecule has 6 heavy (non-hydrogen) atoms. The van der Waals surface area contributed by atoms with Crippen LogP contribution in [0, 0.1) is 10.1 Å². The number of rotatable bonds is 0. The molecule has 0 atom stereocenters. The Kier molecular flexibility index (Phi) is 24.3. The van der Waals surface area contributed by atoms with E-state index in [1.54, 1.807) is 0 Å². The maximum absolute atomic E-state index is 8.36. The summed E-state index contributed by atoms with van der Waals surface area (Å²) in [5.41, 5.74) is 0. The molecule has 4 nitrogen and oxygen atoms in total. The first-order valence-corrected chi connectivity index (χ1v) is 0.565. The molecule has 5 radical (unpaired) electrons. The molecule has 1 N–H and O–H groups in total. The Morgan fingerprint density at radius 2 is 1.67 bits per heavy atom. The van der Waals surface area contributed by atoms with E-state index >= 15 is 0 Å². The summed E-state index contributed by atoms with van der Waals surface area (Å²) in [7, 11) is 0. The second-order valence-electron chi connectivity index (χ2n) is 0.238. The molecule has 6 heteroatoms. The van der Waals surface area contributed by atoms with Gasteiger partial charge in [0.25, 0.3) is 5.09 Å². The van der Waals surface area contributed by atoms with Gasteiger partial charge in [0.1, 0.15) is 0 Å². The molecule has 0 heterocycles. The molecule has 0 aliphatic rings. The van der Waals surface area contributed by atoms with Crippen LogP contribution in [0.3, 0.4) is 0 Å². The van der Waals surface area contributed by atoms with E-state index in [4.69, 9.17) is 15.3 Å². The van der Waals surface area contributed by atoms with Gasteiger partial charge in [-0.1, -0.05) is 0 Å². The fraction of sp³-hybridized carbons (Fsp3) is 0. The third kappa shape index (κ3) is 150. The Balaban J connectivity index is -0.0000000450. The van der Waals surface area contributed by atoms with Crippen LogP contribution in [0.15, 0.2) is 0 Å². The summed E-state index contributed by atoms with van der Waals surface area (Å²) in [4.78, 5) is 8.36. The summed E-state index contributed by atoms with van der Waals surface area (Å²) in [6.07, 6.45) is 0. The van der Waals surface area contributed by atoms with Gasteiger partial charge in [-0.2, -0.15) is 0 Å². The predicted molar refractivity (Wildman–Crippen MR) is 14.5 cm³/mol. The van der Waals surface area contributed by atoms with Crippen molar-refractivity contribution in [1.29, 1.82) is 0 Å². The minimum Gasteiger partial charge on any atom is -0.328 e. The van der Waals surface area contributed by atoms with Crippen LogP contribution in [0.1, 0.15) is 0 Å². The van der Waals surface area contributed by atoms with Gasteiger partial charge in [-0.25, -0.2) is 0 Å². The van der Waals surface area contributed by atoms with Crippen molar-refractivity contribution in [2.45, 2.75) is 0 Å². The minimum absolute atomic E-state index is 0. The van der Waals surface area contributed by atoms with Crippen LogP contribution in [0.2, 0.25) is 0 Å². The zero-order valence-electron chi connectivity index (χ0n) is 2.51. The van der Waals surface area contributed by atoms with Gasteiger partial charge in [0.15, 0.2) is 0 Å². The van der Waals surface area contributed by atoms with E-state index in [0.29, 0.717) is 0 Å². The fourth-order valence-corrected chi connectivity index (χ4v) is 0. The van der Waals surface area contributed by atoms with Gasteiger partial charge in [-0.05, 0) is 0 Å². The maximum atomic E-state index is 8.36. The van der Waals surface area contributed by atoms with E-state index in [0.717, 1.165) is 0 Å². The molecule has 0 aromatic rings. The van der Waals surface area contributed by atoms with Crippen LogP contribution in [-0.2, 0) is 17.1 Å². The molecule has 0 amide bonds. The Morgan fingerprint density at radius 1 is 1.67 bits per heavy atom. The quantitative estimate of drug-likeness (QED) is 0.361. The van der Waals surface area contributed by atoms with Gasteiger partial charge in [-0.15, -0.1) is 10.1 Å². The predicted octanol–water partition coefficient (Wildman–Crippen LogP) is -0.731. The van der Waals surface area contributed by atoms with Crippen molar-refractivity contribution in [1.82, 2.24) is 0 Å². The van der Waals surface area contributed by atoms with Crippen LogP contribution in [0.5, 0.6) is 0 Å². The zero-order chi connectivity index (χ0) is 3.58. The fourth-order valence-electron chi connectivity index (χ4n) is 0. The molecule has 0 spiro atoms. The summed E-state index contributed by atoms with van der Waals surface area (Å²) in [5.74, 6) is 0. The van der Waals surface area contributed by atoms with Gasteiger partial charge < -0.3 is 5.21 Å². The van der Waals surface area contributed by atoms with Gasteiger partial charge in [0.05, 0.1) is 0 Å². The van der Waals surface area contributed by atoms with E-state index in [9.17, 15) is 0 Å². The molecular weight excluding hydrogens is 333 g/mol. The average molecular weight is 334 g/mol. The largest absolute Gasteiger partial charge is 0.328 e. The Morgan fingerprint density at radius 3 is 1.67 bits per heavy atom. The second kappa shape index (κ2) is 9.17. The van der Waals surface area contributed by atoms with E-state index in [-0.39, 0.29) is 44.4 Å². The smallest absolute Gasteiger partial charge is 0.291 e. The number of nitrogens with zero attached hydrogens (tertiary/aromatic N) is 1. The molecule has 39 valence electrons. The summed E-state index contributed by atoms with van der Waals surface area (Å²) >= 11 is 0. The molecular formula is HCuNO3Pb. The molecule has 0 unspecified atom stereocenters. The SMILES string of the molecule is O=[N+]([O-])O.[Cu].[Pb]. The van der Waals surface area contributed by atoms with Crippen LogP contribution in [-0.4, -0.2) is 37.6 Å². The van der Waals surface area contributed by atoms with Crippen LogP contribution in [0.4, 0.5) is 0 Å². The van der Waals surface area contributed by atoms with Crippen LogP contribution in [0.25, 0.3) is 0 Å². The van der Waals surface area contributed by atoms with E-state index in [2.05, 4.69) is 0 Å². The first-order chi connectivity index (χ1) is 1.73. The van der Waals surface area contributed by atoms with Crippen molar-refractivity contribution in [3.05, 3.63) is 10.1 Å². The maximum Gasteiger partial charge on any atom is 0.291 e. The molecule has 0 bridgehead atoms. The molecule has 0 aromatic carbocycles. The van der Waals surface area contributed by atoms with Crippen molar-refractivity contribution in [2.75, 3.05) is 0 Å². The molecule has 0 aliphatic carbocycles. The topological polar surface area (TPSA) is 63.4 Å². The monoisotopic (exact) mass is 334 g/mol. The summed E-state index contributed by atoms with van der Waals surface area (Å²) in [6.45, 7) is 0. The standard InChI is InChI=1S/Cu.HNO3.Pb/c;2-1(3)4;/h;(H,2,3,4);. The molecule has 0 saturated carbocycles. The van der Waals surface area contributed by atoms with E-state index < -0.39 is 5.09 Å². The molecule has 0 rings (SSSR count). The van der Waals surface area contributed by atoms with Crippen molar-refractivity contribution in [3.8, 4) is 0 Å². The van der Waals surface area contributed by atoms with E-state index in [1.807, 2.05) is 0 Å². The van der Waals surface area contributed by atoms with Crippen molar-refractivity contribution in [2.24, 2.45) is 0 Å². The summed E-state index contributed by atoms with van der Waals surface area (Å²) < 4.78 is 0. The first kappa shape index (κ1) is 15.9. The van der Waals surface area contributed by atoms with E-state index in [1.165, 1.54) is 0 Å². The number of hydrogen-bond donors (Lipinski definition) is 1. The summed E-state index contributed by atoms with van der Waals surface area (Å²) in [6, 6.07) is 0. The van der Waals surface area contributed by atoms with Crippen LogP contribution >= 0.6 is 0 Å². The molecule has 0 fully saturated rings. The van der Waals surface area contributed by atoms with Crippen LogP contribution < -0.4 is 0 Å². The molecule has 0 aromatic heterocycles. The van der Waals surface area contributed by atoms with Gasteiger partial charge in [0, 0.05) is 44.4 Å². The third-order valence-electron chi connectivity index (χ3n) is 0. The van der Waals surface area contributed by atoms with Crippen molar-refractivity contribution >= 4 is 27.3 Å². The minimum atomic E-state index is -1.50. The molecule has 0 saturated heterocycles. The number of hydrogen-bond acceptors (Lipinski definition) is 2. The van der Waals surface area contributed by atoms with Gasteiger partial charge in [0.2, 0.25) is 0 Å². The van der Waals surface area contributed by atoms with Crippen molar-refractivity contribution in [3.63, 3.8) is 0 Å². The van der Waals surface area contributed by atoms with Gasteiger partial charge in [-0.3, -0.25) is 0 Å². The summed E-state index contributed by atoms with van der Waals surface area (Å²) in [5, 5.41) is 13.6. The zero-order valence-corrected chi connectivity index (χ0v) is 7.34. The first-order valence-electron chi connectivity index (χ1n) is 0.565. The average Bonchev–Trinajstić information content (AvgIpc) is 0.811. The Hall–Kier alpha value is 0.642. The normalized spacial score (nSPS) is 4.00. The molecule has 0 aliphatic heterocycles.